The number of amides is 2. The third-order valence-corrected chi connectivity index (χ3v) is 4.33. The lowest BCUT2D eigenvalue weighted by atomic mass is 10.1. The Bertz CT molecular complexity index is 815. The van der Waals surface area contributed by atoms with Gasteiger partial charge in [0.2, 0.25) is 11.8 Å². The molecule has 0 aromatic heterocycles. The monoisotopic (exact) mass is 368 g/mol. The third-order valence-electron chi connectivity index (χ3n) is 4.33. The SMILES string of the molecule is CC(=O)N(CCC(=O)Nc1ccccc1OC(C)C)c1cccc(C)c1C. The summed E-state index contributed by atoms with van der Waals surface area (Å²) in [6.07, 6.45) is 0.212. The summed E-state index contributed by atoms with van der Waals surface area (Å²) in [6, 6.07) is 13.2. The highest BCUT2D eigenvalue weighted by Gasteiger charge is 2.17. The van der Waals surface area contributed by atoms with E-state index in [1.54, 1.807) is 4.90 Å². The number of carbonyl (C=O) groups is 2. The van der Waals surface area contributed by atoms with Crippen LogP contribution in [-0.4, -0.2) is 24.5 Å². The minimum Gasteiger partial charge on any atom is -0.489 e. The number of anilines is 2. The highest BCUT2D eigenvalue weighted by Crippen LogP contribution is 2.26. The van der Waals surface area contributed by atoms with Gasteiger partial charge in [-0.2, -0.15) is 0 Å². The van der Waals surface area contributed by atoms with Crippen LogP contribution in [-0.2, 0) is 9.59 Å². The summed E-state index contributed by atoms with van der Waals surface area (Å²) < 4.78 is 5.73. The maximum Gasteiger partial charge on any atom is 0.226 e. The Morgan fingerprint density at radius 3 is 2.44 bits per heavy atom. The summed E-state index contributed by atoms with van der Waals surface area (Å²) in [5.74, 6) is 0.394. The largest absolute Gasteiger partial charge is 0.489 e. The molecule has 0 radical (unpaired) electrons. The van der Waals surface area contributed by atoms with Gasteiger partial charge in [0.05, 0.1) is 11.8 Å². The number of aryl methyl sites for hydroxylation is 1. The average molecular weight is 368 g/mol. The molecule has 0 fully saturated rings. The van der Waals surface area contributed by atoms with Crippen LogP contribution in [0.15, 0.2) is 42.5 Å². The van der Waals surface area contributed by atoms with Crippen LogP contribution >= 0.6 is 0 Å². The molecule has 2 rings (SSSR count). The van der Waals surface area contributed by atoms with E-state index < -0.39 is 0 Å². The first-order valence-electron chi connectivity index (χ1n) is 9.19. The molecule has 0 spiro atoms. The summed E-state index contributed by atoms with van der Waals surface area (Å²) in [5.41, 5.74) is 3.64. The number of carbonyl (C=O) groups excluding carboxylic acids is 2. The first kappa shape index (κ1) is 20.5. The lowest BCUT2D eigenvalue weighted by Crippen LogP contribution is -2.32. The molecule has 0 aliphatic heterocycles. The first-order valence-corrected chi connectivity index (χ1v) is 9.19. The second-order valence-electron chi connectivity index (χ2n) is 6.85. The van der Waals surface area contributed by atoms with Crippen LogP contribution in [0.2, 0.25) is 0 Å². The topological polar surface area (TPSA) is 58.6 Å². The van der Waals surface area contributed by atoms with Crippen LogP contribution in [0.25, 0.3) is 0 Å². The van der Waals surface area contributed by atoms with E-state index in [1.807, 2.05) is 70.2 Å². The Morgan fingerprint density at radius 1 is 1.07 bits per heavy atom. The van der Waals surface area contributed by atoms with E-state index in [9.17, 15) is 9.59 Å². The Balaban J connectivity index is 2.07. The summed E-state index contributed by atoms with van der Waals surface area (Å²) in [7, 11) is 0. The smallest absolute Gasteiger partial charge is 0.226 e. The van der Waals surface area contributed by atoms with Crippen LogP contribution in [0.1, 0.15) is 38.3 Å². The molecule has 0 atom stereocenters. The zero-order chi connectivity index (χ0) is 20.0. The fraction of sp³-hybridized carbons (Fsp3) is 0.364. The Kier molecular flexibility index (Phi) is 6.99. The zero-order valence-corrected chi connectivity index (χ0v) is 16.7. The standard InChI is InChI=1S/C22H28N2O3/c1-15(2)27-21-12-7-6-10-19(21)23-22(26)13-14-24(18(5)25)20-11-8-9-16(3)17(20)4/h6-12,15H,13-14H2,1-5H3,(H,23,26). The van der Waals surface area contributed by atoms with E-state index in [0.29, 0.717) is 18.0 Å². The van der Waals surface area contributed by atoms with Crippen LogP contribution < -0.4 is 15.0 Å². The van der Waals surface area contributed by atoms with E-state index in [1.165, 1.54) is 6.92 Å². The molecule has 0 saturated heterocycles. The molecule has 27 heavy (non-hydrogen) atoms. The first-order chi connectivity index (χ1) is 12.8. The van der Waals surface area contributed by atoms with Crippen molar-refractivity contribution in [3.05, 3.63) is 53.6 Å². The van der Waals surface area contributed by atoms with Crippen molar-refractivity contribution >= 4 is 23.2 Å². The molecule has 0 saturated carbocycles. The van der Waals surface area contributed by atoms with Gasteiger partial charge in [-0.3, -0.25) is 9.59 Å². The number of hydrogen-bond donors (Lipinski definition) is 1. The zero-order valence-electron chi connectivity index (χ0n) is 16.7. The second kappa shape index (κ2) is 9.21. The highest BCUT2D eigenvalue weighted by molar-refractivity contribution is 5.96. The van der Waals surface area contributed by atoms with Crippen molar-refractivity contribution in [2.24, 2.45) is 0 Å². The van der Waals surface area contributed by atoms with Gasteiger partial charge in [-0.25, -0.2) is 0 Å². The molecule has 0 bridgehead atoms. The fourth-order valence-electron chi connectivity index (χ4n) is 2.83. The van der Waals surface area contributed by atoms with Crippen LogP contribution in [0, 0.1) is 13.8 Å². The van der Waals surface area contributed by atoms with Crippen molar-refractivity contribution in [3.8, 4) is 5.75 Å². The molecular formula is C22H28N2O3. The molecule has 5 heteroatoms. The Morgan fingerprint density at radius 2 is 1.78 bits per heavy atom. The molecule has 0 unspecified atom stereocenters. The lowest BCUT2D eigenvalue weighted by molar-refractivity contribution is -0.117. The van der Waals surface area contributed by atoms with Gasteiger partial charge in [0, 0.05) is 25.6 Å². The molecule has 0 aliphatic carbocycles. The van der Waals surface area contributed by atoms with Crippen molar-refractivity contribution in [1.29, 1.82) is 0 Å². The van der Waals surface area contributed by atoms with Gasteiger partial charge in [0.15, 0.2) is 0 Å². The fourth-order valence-corrected chi connectivity index (χ4v) is 2.83. The van der Waals surface area contributed by atoms with E-state index in [0.717, 1.165) is 16.8 Å². The van der Waals surface area contributed by atoms with Gasteiger partial charge >= 0.3 is 0 Å². The molecule has 0 aliphatic rings. The summed E-state index contributed by atoms with van der Waals surface area (Å²) >= 11 is 0. The van der Waals surface area contributed by atoms with Crippen molar-refractivity contribution in [2.45, 2.75) is 47.1 Å². The van der Waals surface area contributed by atoms with Gasteiger partial charge in [-0.15, -0.1) is 0 Å². The molecule has 2 amide bonds. The number of hydrogen-bond acceptors (Lipinski definition) is 3. The van der Waals surface area contributed by atoms with E-state index in [4.69, 9.17) is 4.74 Å². The quantitative estimate of drug-likeness (QED) is 0.784. The predicted molar refractivity (Wildman–Crippen MR) is 109 cm³/mol. The van der Waals surface area contributed by atoms with E-state index in [2.05, 4.69) is 5.32 Å². The van der Waals surface area contributed by atoms with Crippen molar-refractivity contribution in [3.63, 3.8) is 0 Å². The van der Waals surface area contributed by atoms with Gasteiger partial charge in [-0.1, -0.05) is 24.3 Å². The number of rotatable bonds is 7. The van der Waals surface area contributed by atoms with E-state index in [-0.39, 0.29) is 24.3 Å². The normalized spacial score (nSPS) is 10.6. The summed E-state index contributed by atoms with van der Waals surface area (Å²) in [6.45, 7) is 9.71. The van der Waals surface area contributed by atoms with Crippen LogP contribution in [0.3, 0.4) is 0 Å². The molecule has 1 N–H and O–H groups in total. The molecule has 2 aromatic rings. The third kappa shape index (κ3) is 5.58. The van der Waals surface area contributed by atoms with Crippen molar-refractivity contribution in [1.82, 2.24) is 0 Å². The highest BCUT2D eigenvalue weighted by atomic mass is 16.5. The molecular weight excluding hydrogens is 340 g/mol. The molecule has 144 valence electrons. The van der Waals surface area contributed by atoms with Crippen LogP contribution in [0.5, 0.6) is 5.75 Å². The van der Waals surface area contributed by atoms with Gasteiger partial charge in [0.1, 0.15) is 5.75 Å². The average Bonchev–Trinajstić information content (AvgIpc) is 2.59. The molecule has 0 heterocycles. The minimum absolute atomic E-state index is 0.0144. The van der Waals surface area contributed by atoms with Gasteiger partial charge in [-0.05, 0) is 57.0 Å². The molecule has 2 aromatic carbocycles. The van der Waals surface area contributed by atoms with E-state index >= 15 is 0 Å². The number of ether oxygens (including phenoxy) is 1. The maximum atomic E-state index is 12.5. The van der Waals surface area contributed by atoms with Gasteiger partial charge in [0.25, 0.3) is 0 Å². The number of nitrogens with one attached hydrogen (secondary N) is 1. The van der Waals surface area contributed by atoms with Gasteiger partial charge < -0.3 is 15.0 Å². The number of nitrogens with zero attached hydrogens (tertiary/aromatic N) is 1. The second-order valence-corrected chi connectivity index (χ2v) is 6.85. The summed E-state index contributed by atoms with van der Waals surface area (Å²) in [4.78, 5) is 26.2. The maximum absolute atomic E-state index is 12.5. The Labute approximate surface area is 161 Å². The van der Waals surface area contributed by atoms with Crippen molar-refractivity contribution in [2.75, 3.05) is 16.8 Å². The van der Waals surface area contributed by atoms with Crippen LogP contribution in [0.4, 0.5) is 11.4 Å². The van der Waals surface area contributed by atoms with Crippen molar-refractivity contribution < 1.29 is 14.3 Å². The number of benzene rings is 2. The molecule has 5 nitrogen and oxygen atoms in total. The summed E-state index contributed by atoms with van der Waals surface area (Å²) in [5, 5.41) is 2.89. The minimum atomic E-state index is -0.161. The lowest BCUT2D eigenvalue weighted by Gasteiger charge is -2.24. The predicted octanol–water partition coefficient (Wildman–Crippen LogP) is 4.47. The Hall–Kier alpha value is -2.82. The number of para-hydroxylation sites is 2.